The maximum absolute atomic E-state index is 13.7. The number of fused-ring (bicyclic) bond motifs is 1. The van der Waals surface area contributed by atoms with Gasteiger partial charge in [-0.1, -0.05) is 25.1 Å². The van der Waals surface area contributed by atoms with Crippen LogP contribution < -0.4 is 5.32 Å². The van der Waals surface area contributed by atoms with Crippen molar-refractivity contribution >= 4 is 11.0 Å². The van der Waals surface area contributed by atoms with Crippen LogP contribution in [0.5, 0.6) is 0 Å². The van der Waals surface area contributed by atoms with Crippen LogP contribution in [0.4, 0.5) is 4.39 Å². The van der Waals surface area contributed by atoms with E-state index in [1.54, 1.807) is 18.5 Å². The zero-order valence-electron chi connectivity index (χ0n) is 11.1. The normalized spacial score (nSPS) is 12.7. The standard InChI is InChI=1S/C16H15FN2O/c1-2-19-15(12-6-4-8-18-10-12)14-9-11-5-3-7-13(17)16(11)20-14/h3-10,15,19H,2H2,1H3. The van der Waals surface area contributed by atoms with Crippen LogP contribution in [0.3, 0.4) is 0 Å². The number of nitrogens with zero attached hydrogens (tertiary/aromatic N) is 1. The first-order valence-electron chi connectivity index (χ1n) is 6.61. The van der Waals surface area contributed by atoms with Crippen LogP contribution in [0.1, 0.15) is 24.3 Å². The Morgan fingerprint density at radius 3 is 2.90 bits per heavy atom. The third-order valence-electron chi connectivity index (χ3n) is 3.23. The van der Waals surface area contributed by atoms with Gasteiger partial charge in [0.05, 0.1) is 6.04 Å². The molecule has 0 amide bonds. The Hall–Kier alpha value is -2.20. The second-order valence-electron chi connectivity index (χ2n) is 4.58. The summed E-state index contributed by atoms with van der Waals surface area (Å²) in [5, 5.41) is 4.11. The highest BCUT2D eigenvalue weighted by atomic mass is 19.1. The molecule has 0 spiro atoms. The number of nitrogens with one attached hydrogen (secondary N) is 1. The van der Waals surface area contributed by atoms with Gasteiger partial charge in [-0.05, 0) is 30.3 Å². The van der Waals surface area contributed by atoms with E-state index in [2.05, 4.69) is 10.3 Å². The van der Waals surface area contributed by atoms with Crippen LogP contribution in [0, 0.1) is 5.82 Å². The summed E-state index contributed by atoms with van der Waals surface area (Å²) in [6.07, 6.45) is 3.52. The Morgan fingerprint density at radius 1 is 1.30 bits per heavy atom. The van der Waals surface area contributed by atoms with E-state index in [0.717, 1.165) is 17.5 Å². The fraction of sp³-hybridized carbons (Fsp3) is 0.188. The van der Waals surface area contributed by atoms with Crippen molar-refractivity contribution in [3.05, 3.63) is 65.9 Å². The van der Waals surface area contributed by atoms with E-state index in [0.29, 0.717) is 11.3 Å². The van der Waals surface area contributed by atoms with Crippen LogP contribution in [0.2, 0.25) is 0 Å². The zero-order chi connectivity index (χ0) is 13.9. The lowest BCUT2D eigenvalue weighted by Gasteiger charge is -2.15. The minimum Gasteiger partial charge on any atom is -0.456 e. The molecule has 1 atom stereocenters. The fourth-order valence-corrected chi connectivity index (χ4v) is 2.32. The molecule has 1 aromatic carbocycles. The van der Waals surface area contributed by atoms with Crippen molar-refractivity contribution in [3.63, 3.8) is 0 Å². The molecule has 3 rings (SSSR count). The SMILES string of the molecule is CCNC(c1cccnc1)c1cc2cccc(F)c2o1. The molecular formula is C16H15FN2O. The number of rotatable bonds is 4. The molecule has 2 heterocycles. The highest BCUT2D eigenvalue weighted by Crippen LogP contribution is 2.29. The minimum absolute atomic E-state index is 0.125. The number of benzene rings is 1. The monoisotopic (exact) mass is 270 g/mol. The van der Waals surface area contributed by atoms with Crippen molar-refractivity contribution in [2.75, 3.05) is 6.54 Å². The van der Waals surface area contributed by atoms with Crippen molar-refractivity contribution in [3.8, 4) is 0 Å². The molecule has 0 bridgehead atoms. The van der Waals surface area contributed by atoms with Gasteiger partial charge in [-0.3, -0.25) is 4.98 Å². The fourth-order valence-electron chi connectivity index (χ4n) is 2.32. The number of aromatic nitrogens is 1. The average molecular weight is 270 g/mol. The molecule has 4 heteroatoms. The Kier molecular flexibility index (Phi) is 3.48. The van der Waals surface area contributed by atoms with Crippen molar-refractivity contribution in [2.24, 2.45) is 0 Å². The van der Waals surface area contributed by atoms with E-state index in [-0.39, 0.29) is 11.9 Å². The van der Waals surface area contributed by atoms with Gasteiger partial charge in [-0.2, -0.15) is 0 Å². The summed E-state index contributed by atoms with van der Waals surface area (Å²) in [6.45, 7) is 2.80. The molecule has 0 radical (unpaired) electrons. The summed E-state index contributed by atoms with van der Waals surface area (Å²) in [4.78, 5) is 4.13. The van der Waals surface area contributed by atoms with Crippen molar-refractivity contribution in [2.45, 2.75) is 13.0 Å². The van der Waals surface area contributed by atoms with Crippen LogP contribution in [0.25, 0.3) is 11.0 Å². The summed E-state index contributed by atoms with van der Waals surface area (Å²) in [5.74, 6) is 0.357. The second-order valence-corrected chi connectivity index (χ2v) is 4.58. The van der Waals surface area contributed by atoms with Crippen LogP contribution in [-0.2, 0) is 0 Å². The van der Waals surface area contributed by atoms with Crippen molar-refractivity contribution < 1.29 is 8.81 Å². The third kappa shape index (κ3) is 2.30. The molecule has 0 fully saturated rings. The summed E-state index contributed by atoms with van der Waals surface area (Å²) in [6, 6.07) is 10.5. The minimum atomic E-state index is -0.338. The van der Waals surface area contributed by atoms with Gasteiger partial charge in [0.15, 0.2) is 11.4 Å². The smallest absolute Gasteiger partial charge is 0.169 e. The lowest BCUT2D eigenvalue weighted by Crippen LogP contribution is -2.21. The molecule has 0 aliphatic carbocycles. The molecule has 0 aliphatic heterocycles. The van der Waals surface area contributed by atoms with E-state index in [9.17, 15) is 4.39 Å². The number of hydrogen-bond donors (Lipinski definition) is 1. The lowest BCUT2D eigenvalue weighted by molar-refractivity contribution is 0.464. The van der Waals surface area contributed by atoms with Gasteiger partial charge < -0.3 is 9.73 Å². The highest BCUT2D eigenvalue weighted by Gasteiger charge is 2.18. The Morgan fingerprint density at radius 2 is 2.20 bits per heavy atom. The van der Waals surface area contributed by atoms with E-state index < -0.39 is 0 Å². The predicted octanol–water partition coefficient (Wildman–Crippen LogP) is 3.67. The molecule has 3 aromatic rings. The highest BCUT2D eigenvalue weighted by molar-refractivity contribution is 5.78. The quantitative estimate of drug-likeness (QED) is 0.786. The van der Waals surface area contributed by atoms with Crippen LogP contribution in [-0.4, -0.2) is 11.5 Å². The van der Waals surface area contributed by atoms with Gasteiger partial charge in [0.1, 0.15) is 5.76 Å². The topological polar surface area (TPSA) is 38.1 Å². The van der Waals surface area contributed by atoms with Crippen molar-refractivity contribution in [1.82, 2.24) is 10.3 Å². The third-order valence-corrected chi connectivity index (χ3v) is 3.23. The number of halogens is 1. The average Bonchev–Trinajstić information content (AvgIpc) is 2.91. The predicted molar refractivity (Wildman–Crippen MR) is 75.9 cm³/mol. The number of para-hydroxylation sites is 1. The lowest BCUT2D eigenvalue weighted by atomic mass is 10.1. The Labute approximate surface area is 116 Å². The summed E-state index contributed by atoms with van der Waals surface area (Å²) in [7, 11) is 0. The van der Waals surface area contributed by atoms with E-state index in [4.69, 9.17) is 4.42 Å². The Balaban J connectivity index is 2.08. The van der Waals surface area contributed by atoms with Gasteiger partial charge in [-0.15, -0.1) is 0 Å². The maximum atomic E-state index is 13.7. The van der Waals surface area contributed by atoms with Gasteiger partial charge in [0, 0.05) is 17.8 Å². The molecule has 102 valence electrons. The van der Waals surface area contributed by atoms with Gasteiger partial charge in [0.25, 0.3) is 0 Å². The molecule has 1 N–H and O–H groups in total. The second kappa shape index (κ2) is 5.43. The van der Waals surface area contributed by atoms with E-state index >= 15 is 0 Å². The molecular weight excluding hydrogens is 255 g/mol. The summed E-state index contributed by atoms with van der Waals surface area (Å²) in [5.41, 5.74) is 1.29. The molecule has 1 unspecified atom stereocenters. The number of hydrogen-bond acceptors (Lipinski definition) is 3. The van der Waals surface area contributed by atoms with E-state index in [1.165, 1.54) is 6.07 Å². The molecule has 2 aromatic heterocycles. The summed E-state index contributed by atoms with van der Waals surface area (Å²) < 4.78 is 19.4. The molecule has 0 saturated carbocycles. The molecule has 0 saturated heterocycles. The number of pyridine rings is 1. The first kappa shape index (κ1) is 12.8. The van der Waals surface area contributed by atoms with Crippen LogP contribution in [0.15, 0.2) is 53.2 Å². The van der Waals surface area contributed by atoms with Gasteiger partial charge >= 0.3 is 0 Å². The van der Waals surface area contributed by atoms with E-state index in [1.807, 2.05) is 31.2 Å². The molecule has 0 aliphatic rings. The number of furan rings is 1. The zero-order valence-corrected chi connectivity index (χ0v) is 11.1. The summed E-state index contributed by atoms with van der Waals surface area (Å²) >= 11 is 0. The Bertz CT molecular complexity index is 709. The maximum Gasteiger partial charge on any atom is 0.169 e. The van der Waals surface area contributed by atoms with Gasteiger partial charge in [0.2, 0.25) is 0 Å². The first-order valence-corrected chi connectivity index (χ1v) is 6.61. The largest absolute Gasteiger partial charge is 0.456 e. The first-order chi connectivity index (χ1) is 9.79. The van der Waals surface area contributed by atoms with Gasteiger partial charge in [-0.25, -0.2) is 4.39 Å². The van der Waals surface area contributed by atoms with Crippen molar-refractivity contribution in [1.29, 1.82) is 0 Å². The van der Waals surface area contributed by atoms with Crippen LogP contribution >= 0.6 is 0 Å². The molecule has 20 heavy (non-hydrogen) atoms. The molecule has 3 nitrogen and oxygen atoms in total.